The van der Waals surface area contributed by atoms with E-state index in [4.69, 9.17) is 4.42 Å². The molecular weight excluding hydrogens is 316 g/mol. The first-order valence-electron chi connectivity index (χ1n) is 6.59. The number of rotatable bonds is 3. The van der Waals surface area contributed by atoms with E-state index in [2.05, 4.69) is 10.3 Å². The molecule has 0 radical (unpaired) electrons. The third-order valence-corrected chi connectivity index (χ3v) is 4.85. The van der Waals surface area contributed by atoms with Crippen molar-refractivity contribution in [2.75, 3.05) is 5.32 Å². The summed E-state index contributed by atoms with van der Waals surface area (Å²) in [5, 5.41) is 6.73. The van der Waals surface area contributed by atoms with Crippen molar-refractivity contribution in [3.05, 3.63) is 58.1 Å². The van der Waals surface area contributed by atoms with Gasteiger partial charge in [0.2, 0.25) is 5.89 Å². The summed E-state index contributed by atoms with van der Waals surface area (Å²) in [4.78, 5) is 18.2. The van der Waals surface area contributed by atoms with Crippen molar-refractivity contribution in [3.63, 3.8) is 0 Å². The first-order chi connectivity index (χ1) is 10.8. The maximum Gasteiger partial charge on any atom is 0.265 e. The number of hydrogen-bond acceptors (Lipinski definition) is 5. The molecule has 22 heavy (non-hydrogen) atoms. The molecule has 0 aliphatic heterocycles. The summed E-state index contributed by atoms with van der Waals surface area (Å²) in [7, 11) is 0. The van der Waals surface area contributed by atoms with Gasteiger partial charge in [-0.05, 0) is 41.1 Å². The average Bonchev–Trinajstić information content (AvgIpc) is 3.26. The van der Waals surface area contributed by atoms with Crippen LogP contribution in [0.2, 0.25) is 0 Å². The molecule has 1 amide bonds. The average molecular weight is 326 g/mol. The highest BCUT2D eigenvalue weighted by atomic mass is 32.1. The van der Waals surface area contributed by atoms with Gasteiger partial charge in [0.15, 0.2) is 5.58 Å². The molecule has 3 heterocycles. The van der Waals surface area contributed by atoms with Gasteiger partial charge in [-0.1, -0.05) is 12.1 Å². The highest BCUT2D eigenvalue weighted by Gasteiger charge is 2.11. The van der Waals surface area contributed by atoms with Crippen LogP contribution in [0.3, 0.4) is 0 Å². The van der Waals surface area contributed by atoms with Crippen LogP contribution in [0.15, 0.2) is 57.6 Å². The van der Waals surface area contributed by atoms with Gasteiger partial charge in [0, 0.05) is 5.69 Å². The van der Waals surface area contributed by atoms with Crippen molar-refractivity contribution in [3.8, 4) is 10.8 Å². The summed E-state index contributed by atoms with van der Waals surface area (Å²) < 4.78 is 5.73. The molecule has 4 aromatic rings. The summed E-state index contributed by atoms with van der Waals surface area (Å²) in [6, 6.07) is 13.0. The molecule has 3 aromatic heterocycles. The van der Waals surface area contributed by atoms with E-state index in [1.807, 2.05) is 47.2 Å². The van der Waals surface area contributed by atoms with Crippen LogP contribution < -0.4 is 5.32 Å². The number of nitrogens with one attached hydrogen (secondary N) is 1. The molecule has 0 bridgehead atoms. The zero-order valence-electron chi connectivity index (χ0n) is 11.3. The first kappa shape index (κ1) is 13.2. The molecule has 1 N–H and O–H groups in total. The number of amides is 1. The minimum atomic E-state index is -0.115. The fourth-order valence-corrected chi connectivity index (χ4v) is 3.38. The molecule has 1 aromatic carbocycles. The number of carbonyl (C=O) groups is 1. The predicted octanol–water partition coefficient (Wildman–Crippen LogP) is 4.87. The van der Waals surface area contributed by atoms with E-state index in [9.17, 15) is 4.79 Å². The Morgan fingerprint density at radius 3 is 2.73 bits per heavy atom. The number of thiophene rings is 2. The van der Waals surface area contributed by atoms with Crippen molar-refractivity contribution >= 4 is 45.4 Å². The number of fused-ring (bicyclic) bond motifs is 1. The zero-order valence-corrected chi connectivity index (χ0v) is 12.9. The smallest absolute Gasteiger partial charge is 0.265 e. The highest BCUT2D eigenvalue weighted by Crippen LogP contribution is 2.29. The van der Waals surface area contributed by atoms with E-state index in [0.717, 1.165) is 10.4 Å². The maximum atomic E-state index is 12.1. The van der Waals surface area contributed by atoms with Crippen LogP contribution in [0.5, 0.6) is 0 Å². The van der Waals surface area contributed by atoms with Gasteiger partial charge in [-0.15, -0.1) is 22.7 Å². The summed E-state index contributed by atoms with van der Waals surface area (Å²) in [6.07, 6.45) is 0. The molecule has 0 saturated heterocycles. The Kier molecular flexibility index (Phi) is 3.25. The van der Waals surface area contributed by atoms with Crippen LogP contribution in [-0.4, -0.2) is 10.9 Å². The standard InChI is InChI=1S/C16H10N2O2S2/c19-15(13-3-1-7-21-13)17-10-5-6-12-11(9-10)18-16(20-12)14-4-2-8-22-14/h1-9H,(H,17,19). The molecule has 0 aliphatic rings. The van der Waals surface area contributed by atoms with Gasteiger partial charge < -0.3 is 9.73 Å². The fraction of sp³-hybridized carbons (Fsp3) is 0. The molecule has 4 rings (SSSR count). The van der Waals surface area contributed by atoms with Crippen molar-refractivity contribution < 1.29 is 9.21 Å². The molecule has 0 atom stereocenters. The second kappa shape index (κ2) is 5.40. The fourth-order valence-electron chi connectivity index (χ4n) is 2.11. The van der Waals surface area contributed by atoms with E-state index in [0.29, 0.717) is 22.0 Å². The first-order valence-corrected chi connectivity index (χ1v) is 8.35. The van der Waals surface area contributed by atoms with Crippen molar-refractivity contribution in [1.82, 2.24) is 4.98 Å². The molecule has 108 valence electrons. The van der Waals surface area contributed by atoms with Crippen molar-refractivity contribution in [2.24, 2.45) is 0 Å². The number of aromatic nitrogens is 1. The number of carbonyl (C=O) groups excluding carboxylic acids is 1. The minimum Gasteiger partial charge on any atom is -0.435 e. The molecule has 4 nitrogen and oxygen atoms in total. The molecular formula is C16H10N2O2S2. The predicted molar refractivity (Wildman–Crippen MR) is 89.6 cm³/mol. The van der Waals surface area contributed by atoms with E-state index < -0.39 is 0 Å². The molecule has 0 unspecified atom stereocenters. The summed E-state index contributed by atoms with van der Waals surface area (Å²) in [5.74, 6) is 0.489. The van der Waals surface area contributed by atoms with Crippen LogP contribution in [0.1, 0.15) is 9.67 Å². The van der Waals surface area contributed by atoms with E-state index in [-0.39, 0.29) is 5.91 Å². The lowest BCUT2D eigenvalue weighted by molar-refractivity contribution is 0.103. The van der Waals surface area contributed by atoms with Crippen LogP contribution in [0.25, 0.3) is 21.9 Å². The van der Waals surface area contributed by atoms with Crippen LogP contribution >= 0.6 is 22.7 Å². The van der Waals surface area contributed by atoms with E-state index in [1.54, 1.807) is 17.4 Å². The van der Waals surface area contributed by atoms with Gasteiger partial charge in [-0.2, -0.15) is 0 Å². The molecule has 0 spiro atoms. The topological polar surface area (TPSA) is 55.1 Å². The Hall–Kier alpha value is -2.44. The summed E-state index contributed by atoms with van der Waals surface area (Å²) >= 11 is 2.99. The van der Waals surface area contributed by atoms with Gasteiger partial charge in [-0.25, -0.2) is 4.98 Å². The lowest BCUT2D eigenvalue weighted by atomic mass is 10.3. The van der Waals surface area contributed by atoms with Gasteiger partial charge in [0.1, 0.15) is 5.52 Å². The second-order valence-corrected chi connectivity index (χ2v) is 6.51. The number of anilines is 1. The zero-order chi connectivity index (χ0) is 14.9. The van der Waals surface area contributed by atoms with Gasteiger partial charge in [0.05, 0.1) is 9.75 Å². The number of hydrogen-bond donors (Lipinski definition) is 1. The monoisotopic (exact) mass is 326 g/mol. The molecule has 6 heteroatoms. The molecule has 0 aliphatic carbocycles. The third-order valence-electron chi connectivity index (χ3n) is 3.12. The SMILES string of the molecule is O=C(Nc1ccc2oc(-c3cccs3)nc2c1)c1cccs1. The second-order valence-electron chi connectivity index (χ2n) is 4.61. The Labute approximate surface area is 134 Å². The summed E-state index contributed by atoms with van der Waals surface area (Å²) in [5.41, 5.74) is 2.14. The van der Waals surface area contributed by atoms with Gasteiger partial charge in [-0.3, -0.25) is 4.79 Å². The Balaban J connectivity index is 1.64. The van der Waals surface area contributed by atoms with Gasteiger partial charge in [0.25, 0.3) is 5.91 Å². The Bertz CT molecular complexity index is 925. The van der Waals surface area contributed by atoms with E-state index >= 15 is 0 Å². The normalized spacial score (nSPS) is 10.9. The van der Waals surface area contributed by atoms with Crippen molar-refractivity contribution in [2.45, 2.75) is 0 Å². The lowest BCUT2D eigenvalue weighted by Crippen LogP contribution is -2.09. The van der Waals surface area contributed by atoms with Crippen LogP contribution in [0.4, 0.5) is 5.69 Å². The summed E-state index contributed by atoms with van der Waals surface area (Å²) in [6.45, 7) is 0. The quantitative estimate of drug-likeness (QED) is 0.584. The third kappa shape index (κ3) is 2.43. The number of nitrogens with zero attached hydrogens (tertiary/aromatic N) is 1. The van der Waals surface area contributed by atoms with Gasteiger partial charge >= 0.3 is 0 Å². The Morgan fingerprint density at radius 2 is 1.95 bits per heavy atom. The Morgan fingerprint density at radius 1 is 1.09 bits per heavy atom. The largest absolute Gasteiger partial charge is 0.435 e. The lowest BCUT2D eigenvalue weighted by Gasteiger charge is -2.02. The van der Waals surface area contributed by atoms with E-state index in [1.165, 1.54) is 11.3 Å². The number of oxazole rings is 1. The van der Waals surface area contributed by atoms with Crippen LogP contribution in [-0.2, 0) is 0 Å². The minimum absolute atomic E-state index is 0.115. The number of benzene rings is 1. The van der Waals surface area contributed by atoms with Crippen molar-refractivity contribution in [1.29, 1.82) is 0 Å². The molecule has 0 saturated carbocycles. The maximum absolute atomic E-state index is 12.1. The van der Waals surface area contributed by atoms with Crippen LogP contribution in [0, 0.1) is 0 Å². The molecule has 0 fully saturated rings. The highest BCUT2D eigenvalue weighted by molar-refractivity contribution is 7.13.